The number of nitrogens with one attached hydrogen (secondary N) is 3. The van der Waals surface area contributed by atoms with Gasteiger partial charge in [0.25, 0.3) is 0 Å². The van der Waals surface area contributed by atoms with Crippen LogP contribution in [-0.2, 0) is 14.4 Å². The van der Waals surface area contributed by atoms with Crippen LogP contribution in [0.25, 0.3) is 0 Å². The summed E-state index contributed by atoms with van der Waals surface area (Å²) in [6.45, 7) is 9.12. The van der Waals surface area contributed by atoms with Crippen LogP contribution in [0.3, 0.4) is 0 Å². The van der Waals surface area contributed by atoms with Crippen molar-refractivity contribution in [1.29, 1.82) is 10.5 Å². The standard InChI is InChI=1S/C27H35N7O3S/c1-7-15-34(18-35)27(12-11-26(27,17-29)24(37)30-14-13-28)38-20(3)16-19(2)31-21-9-8-10-22(32-21)33-23(36)25(4,5)6/h1,8-10,18-20H,11-12,14-16H2,2-6H3,(H,30,37)(H2,31,32,33,36). The van der Waals surface area contributed by atoms with Crippen molar-refractivity contribution in [2.75, 3.05) is 23.7 Å². The van der Waals surface area contributed by atoms with E-state index in [-0.39, 0.29) is 36.7 Å². The Hall–Kier alpha value is -3.75. The predicted molar refractivity (Wildman–Crippen MR) is 147 cm³/mol. The minimum atomic E-state index is -1.53. The average molecular weight is 538 g/mol. The molecular formula is C27H35N7O3S. The van der Waals surface area contributed by atoms with E-state index < -0.39 is 21.6 Å². The molecule has 1 heterocycles. The number of hydrogen-bond donors (Lipinski definition) is 3. The number of aromatic nitrogens is 1. The van der Waals surface area contributed by atoms with Gasteiger partial charge >= 0.3 is 0 Å². The number of nitriles is 2. The van der Waals surface area contributed by atoms with E-state index in [0.717, 1.165) is 0 Å². The van der Waals surface area contributed by atoms with E-state index in [0.29, 0.717) is 30.9 Å². The fourth-order valence-electron chi connectivity index (χ4n) is 4.39. The largest absolute Gasteiger partial charge is 0.368 e. The van der Waals surface area contributed by atoms with Crippen LogP contribution in [0, 0.1) is 45.8 Å². The fourth-order valence-corrected chi connectivity index (χ4v) is 6.34. The normalized spacial score (nSPS) is 21.7. The Kier molecular flexibility index (Phi) is 10.2. The maximum Gasteiger partial charge on any atom is 0.244 e. The number of nitrogens with zero attached hydrogens (tertiary/aromatic N) is 4. The minimum Gasteiger partial charge on any atom is -0.368 e. The molecule has 1 aromatic rings. The molecule has 38 heavy (non-hydrogen) atoms. The highest BCUT2D eigenvalue weighted by atomic mass is 32.2. The zero-order valence-electron chi connectivity index (χ0n) is 22.5. The van der Waals surface area contributed by atoms with E-state index in [2.05, 4.69) is 32.9 Å². The summed E-state index contributed by atoms with van der Waals surface area (Å²) in [5.41, 5.74) is -2.08. The van der Waals surface area contributed by atoms with Crippen molar-refractivity contribution in [3.63, 3.8) is 0 Å². The lowest BCUT2D eigenvalue weighted by atomic mass is 9.63. The molecule has 3 N–H and O–H groups in total. The van der Waals surface area contributed by atoms with Gasteiger partial charge in [0, 0.05) is 16.7 Å². The van der Waals surface area contributed by atoms with Crippen molar-refractivity contribution in [2.45, 2.75) is 70.0 Å². The first kappa shape index (κ1) is 30.5. The maximum atomic E-state index is 13.0. The van der Waals surface area contributed by atoms with Crippen LogP contribution >= 0.6 is 11.8 Å². The third kappa shape index (κ3) is 6.57. The van der Waals surface area contributed by atoms with Gasteiger partial charge in [-0.1, -0.05) is 39.7 Å². The monoisotopic (exact) mass is 537 g/mol. The Balaban J connectivity index is 2.19. The number of amides is 3. The first-order chi connectivity index (χ1) is 17.9. The van der Waals surface area contributed by atoms with E-state index in [4.69, 9.17) is 11.7 Å². The highest BCUT2D eigenvalue weighted by molar-refractivity contribution is 8.01. The molecular weight excluding hydrogens is 502 g/mol. The molecule has 1 saturated carbocycles. The Morgan fingerprint density at radius 3 is 2.47 bits per heavy atom. The van der Waals surface area contributed by atoms with E-state index in [1.165, 1.54) is 16.7 Å². The van der Waals surface area contributed by atoms with E-state index in [1.807, 2.05) is 40.7 Å². The topological polar surface area (TPSA) is 151 Å². The van der Waals surface area contributed by atoms with Crippen molar-refractivity contribution < 1.29 is 14.4 Å². The van der Waals surface area contributed by atoms with Crippen LogP contribution in [0.1, 0.15) is 53.9 Å². The number of thioether (sulfide) groups is 1. The van der Waals surface area contributed by atoms with Crippen LogP contribution < -0.4 is 16.0 Å². The number of rotatable bonds is 12. The van der Waals surface area contributed by atoms with Crippen molar-refractivity contribution in [1.82, 2.24) is 15.2 Å². The number of carbonyl (C=O) groups excluding carboxylic acids is 3. The third-order valence-electron chi connectivity index (χ3n) is 6.41. The van der Waals surface area contributed by atoms with Crippen molar-refractivity contribution >= 4 is 41.6 Å². The highest BCUT2D eigenvalue weighted by Crippen LogP contribution is 2.60. The summed E-state index contributed by atoms with van der Waals surface area (Å²) in [7, 11) is 0. The molecule has 2 rings (SSSR count). The van der Waals surface area contributed by atoms with Gasteiger partial charge in [0.15, 0.2) is 5.41 Å². The van der Waals surface area contributed by atoms with Gasteiger partial charge in [0.2, 0.25) is 18.2 Å². The van der Waals surface area contributed by atoms with Crippen molar-refractivity contribution in [3.8, 4) is 24.5 Å². The highest BCUT2D eigenvalue weighted by Gasteiger charge is 2.68. The minimum absolute atomic E-state index is 0.0526. The lowest BCUT2D eigenvalue weighted by molar-refractivity contribution is -0.144. The van der Waals surface area contributed by atoms with Crippen LogP contribution in [0.5, 0.6) is 0 Å². The quantitative estimate of drug-likeness (QED) is 0.159. The lowest BCUT2D eigenvalue weighted by Gasteiger charge is -2.58. The molecule has 0 aliphatic heterocycles. The van der Waals surface area contributed by atoms with Gasteiger partial charge in [-0.3, -0.25) is 14.4 Å². The SMILES string of the molecule is C#CCN(C=O)C1(SC(C)CC(C)Nc2cccc(NC(=O)C(C)(C)C)n2)CCC1(C#N)C(=O)NCC#N. The van der Waals surface area contributed by atoms with Crippen molar-refractivity contribution in [3.05, 3.63) is 18.2 Å². The molecule has 0 radical (unpaired) electrons. The number of anilines is 2. The van der Waals surface area contributed by atoms with Crippen LogP contribution in [0.2, 0.25) is 0 Å². The molecule has 4 unspecified atom stereocenters. The summed E-state index contributed by atoms with van der Waals surface area (Å²) in [4.78, 5) is 42.1. The molecule has 1 aliphatic carbocycles. The molecule has 1 fully saturated rings. The molecule has 11 heteroatoms. The Labute approximate surface area is 228 Å². The molecule has 0 saturated heterocycles. The number of carbonyl (C=O) groups is 3. The molecule has 1 aromatic heterocycles. The average Bonchev–Trinajstić information content (AvgIpc) is 2.84. The summed E-state index contributed by atoms with van der Waals surface area (Å²) in [5, 5.41) is 27.6. The Bertz CT molecular complexity index is 1160. The van der Waals surface area contributed by atoms with Gasteiger partial charge in [-0.25, -0.2) is 4.98 Å². The number of pyridine rings is 1. The summed E-state index contributed by atoms with van der Waals surface area (Å²) in [5.74, 6) is 2.75. The third-order valence-corrected chi connectivity index (χ3v) is 8.18. The lowest BCUT2D eigenvalue weighted by Crippen LogP contribution is -2.69. The van der Waals surface area contributed by atoms with Gasteiger partial charge in [0.05, 0.1) is 18.7 Å². The van der Waals surface area contributed by atoms with E-state index >= 15 is 0 Å². The summed E-state index contributed by atoms with van der Waals surface area (Å²) >= 11 is 1.37. The molecule has 0 aromatic carbocycles. The second-order valence-corrected chi connectivity index (χ2v) is 12.1. The molecule has 0 bridgehead atoms. The second kappa shape index (κ2) is 12.7. The fraction of sp³-hybridized carbons (Fsp3) is 0.556. The van der Waals surface area contributed by atoms with Gasteiger partial charge in [0.1, 0.15) is 23.1 Å². The molecule has 10 nitrogen and oxygen atoms in total. The van der Waals surface area contributed by atoms with Gasteiger partial charge in [-0.05, 0) is 38.3 Å². The Morgan fingerprint density at radius 2 is 1.95 bits per heavy atom. The number of terminal acetylenes is 1. The predicted octanol–water partition coefficient (Wildman–Crippen LogP) is 3.11. The Morgan fingerprint density at radius 1 is 1.26 bits per heavy atom. The van der Waals surface area contributed by atoms with Crippen LogP contribution in [0.4, 0.5) is 11.6 Å². The van der Waals surface area contributed by atoms with Crippen molar-refractivity contribution in [2.24, 2.45) is 10.8 Å². The summed E-state index contributed by atoms with van der Waals surface area (Å²) < 4.78 is 0. The smallest absolute Gasteiger partial charge is 0.244 e. The second-order valence-electron chi connectivity index (χ2n) is 10.4. The molecule has 4 atom stereocenters. The number of hydrogen-bond acceptors (Lipinski definition) is 8. The van der Waals surface area contributed by atoms with Gasteiger partial charge < -0.3 is 20.9 Å². The molecule has 3 amide bonds. The molecule has 0 spiro atoms. The van der Waals surface area contributed by atoms with Crippen LogP contribution in [-0.4, -0.2) is 57.4 Å². The van der Waals surface area contributed by atoms with E-state index in [1.54, 1.807) is 18.2 Å². The summed E-state index contributed by atoms with van der Waals surface area (Å²) in [6, 6.07) is 9.24. The first-order valence-electron chi connectivity index (χ1n) is 12.3. The zero-order valence-corrected chi connectivity index (χ0v) is 23.3. The molecule has 202 valence electrons. The maximum absolute atomic E-state index is 13.0. The van der Waals surface area contributed by atoms with E-state index in [9.17, 15) is 19.6 Å². The van der Waals surface area contributed by atoms with Gasteiger partial charge in [-0.15, -0.1) is 18.2 Å². The zero-order chi connectivity index (χ0) is 28.6. The van der Waals surface area contributed by atoms with Crippen LogP contribution in [0.15, 0.2) is 18.2 Å². The first-order valence-corrected chi connectivity index (χ1v) is 13.2. The molecule has 1 aliphatic rings. The summed E-state index contributed by atoms with van der Waals surface area (Å²) in [6.07, 6.45) is 7.36. The van der Waals surface area contributed by atoms with Gasteiger partial charge in [-0.2, -0.15) is 10.5 Å².